The van der Waals surface area contributed by atoms with Gasteiger partial charge in [-0.05, 0) is 50.0 Å². The Morgan fingerprint density at radius 1 is 1.56 bits per heavy atom. The number of nitrogens with one attached hydrogen (secondary N) is 1. The minimum atomic E-state index is 0.622. The number of rotatable bonds is 4. The highest BCUT2D eigenvalue weighted by Crippen LogP contribution is 2.18. The van der Waals surface area contributed by atoms with Gasteiger partial charge in [-0.25, -0.2) is 0 Å². The number of nitrogen functional groups attached to an aromatic ring is 1. The molecule has 1 aromatic rings. The van der Waals surface area contributed by atoms with E-state index >= 15 is 0 Å². The molecule has 0 radical (unpaired) electrons. The van der Waals surface area contributed by atoms with Crippen LogP contribution in [0.15, 0.2) is 17.1 Å². The van der Waals surface area contributed by atoms with Crippen molar-refractivity contribution < 1.29 is 4.79 Å². The van der Waals surface area contributed by atoms with E-state index in [1.807, 2.05) is 6.92 Å². The number of aldehydes is 1. The van der Waals surface area contributed by atoms with Crippen LogP contribution in [0.1, 0.15) is 27.9 Å². The molecule has 0 amide bonds. The number of hydrogen-bond donors (Lipinski definition) is 2. The Morgan fingerprint density at radius 2 is 2.39 bits per heavy atom. The van der Waals surface area contributed by atoms with Crippen molar-refractivity contribution in [3.63, 3.8) is 0 Å². The van der Waals surface area contributed by atoms with Gasteiger partial charge in [-0.15, -0.1) is 0 Å². The molecule has 1 aliphatic heterocycles. The first kappa shape index (κ1) is 12.8. The van der Waals surface area contributed by atoms with Crippen LogP contribution in [0.5, 0.6) is 0 Å². The third-order valence-corrected chi connectivity index (χ3v) is 3.46. The number of carbonyl (C=O) groups is 1. The number of benzene rings is 1. The summed E-state index contributed by atoms with van der Waals surface area (Å²) in [7, 11) is 0. The average molecular weight is 245 g/mol. The summed E-state index contributed by atoms with van der Waals surface area (Å²) in [5, 5.41) is 3.32. The van der Waals surface area contributed by atoms with Crippen LogP contribution in [0.25, 0.3) is 0 Å². The van der Waals surface area contributed by atoms with Crippen LogP contribution >= 0.6 is 0 Å². The van der Waals surface area contributed by atoms with Gasteiger partial charge in [0, 0.05) is 29.6 Å². The van der Waals surface area contributed by atoms with Gasteiger partial charge in [0.2, 0.25) is 0 Å². The lowest BCUT2D eigenvalue weighted by Crippen LogP contribution is -2.11. The zero-order valence-corrected chi connectivity index (χ0v) is 10.6. The molecule has 4 heteroatoms. The van der Waals surface area contributed by atoms with Crippen LogP contribution in [0.3, 0.4) is 0 Å². The van der Waals surface area contributed by atoms with E-state index in [1.54, 1.807) is 18.3 Å². The summed E-state index contributed by atoms with van der Waals surface area (Å²) in [5.74, 6) is 0.622. The molecule has 96 valence electrons. The monoisotopic (exact) mass is 245 g/mol. The molecule has 0 bridgehead atoms. The molecule has 0 saturated carbocycles. The molecule has 4 nitrogen and oxygen atoms in total. The van der Waals surface area contributed by atoms with Crippen LogP contribution in [0.4, 0.5) is 5.69 Å². The Kier molecular flexibility index (Phi) is 4.10. The Balaban J connectivity index is 2.12. The van der Waals surface area contributed by atoms with Gasteiger partial charge in [-0.2, -0.15) is 0 Å². The van der Waals surface area contributed by atoms with Crippen molar-refractivity contribution in [1.29, 1.82) is 0 Å². The normalized spacial score (nSPS) is 19.5. The van der Waals surface area contributed by atoms with E-state index in [9.17, 15) is 4.79 Å². The Bertz CT molecular complexity index is 462. The van der Waals surface area contributed by atoms with Crippen molar-refractivity contribution in [2.45, 2.75) is 13.3 Å². The highest BCUT2D eigenvalue weighted by Gasteiger charge is 2.13. The fourth-order valence-electron chi connectivity index (χ4n) is 2.23. The van der Waals surface area contributed by atoms with Gasteiger partial charge in [0.25, 0.3) is 0 Å². The topological polar surface area (TPSA) is 67.5 Å². The lowest BCUT2D eigenvalue weighted by Gasteiger charge is -2.07. The van der Waals surface area contributed by atoms with Crippen LogP contribution < -0.4 is 11.1 Å². The maximum Gasteiger partial charge on any atom is 0.150 e. The fraction of sp³-hybridized carbons (Fsp3) is 0.429. The molecule has 18 heavy (non-hydrogen) atoms. The van der Waals surface area contributed by atoms with Crippen LogP contribution in [-0.4, -0.2) is 32.1 Å². The predicted molar refractivity (Wildman–Crippen MR) is 74.4 cm³/mol. The van der Waals surface area contributed by atoms with Gasteiger partial charge < -0.3 is 11.1 Å². The fourth-order valence-corrected chi connectivity index (χ4v) is 2.23. The highest BCUT2D eigenvalue weighted by molar-refractivity contribution is 5.93. The number of anilines is 1. The number of nitrogens with zero attached hydrogens (tertiary/aromatic N) is 1. The second-order valence-corrected chi connectivity index (χ2v) is 4.75. The molecule has 1 unspecified atom stereocenters. The van der Waals surface area contributed by atoms with Gasteiger partial charge in [0.15, 0.2) is 0 Å². The molecule has 0 aliphatic carbocycles. The quantitative estimate of drug-likeness (QED) is 0.479. The number of nitrogens with two attached hydrogens (primary N) is 1. The molecule has 0 aromatic heterocycles. The minimum absolute atomic E-state index is 0.622. The first-order valence-electron chi connectivity index (χ1n) is 6.27. The lowest BCUT2D eigenvalue weighted by atomic mass is 10.0. The second kappa shape index (κ2) is 5.78. The SMILES string of the molecule is Cc1c(C=O)ccc(N)c1C=NCC1CCNC1. The molecular weight excluding hydrogens is 226 g/mol. The van der Waals surface area contributed by atoms with Crippen molar-refractivity contribution in [3.05, 3.63) is 28.8 Å². The first-order chi connectivity index (χ1) is 8.72. The van der Waals surface area contributed by atoms with Crippen molar-refractivity contribution in [3.8, 4) is 0 Å². The molecule has 0 spiro atoms. The van der Waals surface area contributed by atoms with Crippen molar-refractivity contribution >= 4 is 18.2 Å². The first-order valence-corrected chi connectivity index (χ1v) is 6.27. The van der Waals surface area contributed by atoms with E-state index in [0.29, 0.717) is 17.2 Å². The van der Waals surface area contributed by atoms with Crippen molar-refractivity contribution in [1.82, 2.24) is 5.32 Å². The zero-order valence-electron chi connectivity index (χ0n) is 10.6. The third-order valence-electron chi connectivity index (χ3n) is 3.46. The third kappa shape index (κ3) is 2.76. The Hall–Kier alpha value is -1.68. The van der Waals surface area contributed by atoms with Crippen molar-refractivity contribution in [2.24, 2.45) is 10.9 Å². The summed E-state index contributed by atoms with van der Waals surface area (Å²) >= 11 is 0. The zero-order chi connectivity index (χ0) is 13.0. The summed E-state index contributed by atoms with van der Waals surface area (Å²) in [6.45, 7) is 4.85. The summed E-state index contributed by atoms with van der Waals surface area (Å²) in [5.41, 5.74) is 9.03. The average Bonchev–Trinajstić information content (AvgIpc) is 2.86. The van der Waals surface area contributed by atoms with E-state index in [1.165, 1.54) is 6.42 Å². The van der Waals surface area contributed by atoms with E-state index in [4.69, 9.17) is 5.73 Å². The summed E-state index contributed by atoms with van der Waals surface area (Å²) < 4.78 is 0. The lowest BCUT2D eigenvalue weighted by molar-refractivity contribution is 0.112. The molecule has 1 atom stereocenters. The summed E-state index contributed by atoms with van der Waals surface area (Å²) in [6.07, 6.45) is 3.84. The van der Waals surface area contributed by atoms with Crippen LogP contribution in [-0.2, 0) is 0 Å². The van der Waals surface area contributed by atoms with Crippen LogP contribution in [0, 0.1) is 12.8 Å². The van der Waals surface area contributed by atoms with Gasteiger partial charge in [-0.3, -0.25) is 9.79 Å². The molecule has 1 saturated heterocycles. The van der Waals surface area contributed by atoms with Gasteiger partial charge >= 0.3 is 0 Å². The van der Waals surface area contributed by atoms with E-state index in [2.05, 4.69) is 10.3 Å². The number of hydrogen-bond acceptors (Lipinski definition) is 4. The number of carbonyl (C=O) groups excluding carboxylic acids is 1. The van der Waals surface area contributed by atoms with E-state index < -0.39 is 0 Å². The molecule has 3 N–H and O–H groups in total. The second-order valence-electron chi connectivity index (χ2n) is 4.75. The molecular formula is C14H19N3O. The molecule has 1 aromatic carbocycles. The van der Waals surface area contributed by atoms with Crippen molar-refractivity contribution in [2.75, 3.05) is 25.4 Å². The standard InChI is InChI=1S/C14H19N3O/c1-10-12(9-18)2-3-14(15)13(10)8-17-7-11-4-5-16-6-11/h2-3,8-9,11,16H,4-7,15H2,1H3. The molecule has 1 aliphatic rings. The van der Waals surface area contributed by atoms with Gasteiger partial charge in [0.1, 0.15) is 6.29 Å². The number of aliphatic imine (C=N–C) groups is 1. The minimum Gasteiger partial charge on any atom is -0.398 e. The predicted octanol–water partition coefficient (Wildman–Crippen LogP) is 1.42. The molecule has 1 heterocycles. The Labute approximate surface area is 107 Å². The largest absolute Gasteiger partial charge is 0.398 e. The van der Waals surface area contributed by atoms with Gasteiger partial charge in [-0.1, -0.05) is 0 Å². The van der Waals surface area contributed by atoms with E-state index in [-0.39, 0.29) is 0 Å². The highest BCUT2D eigenvalue weighted by atomic mass is 16.1. The maximum atomic E-state index is 10.9. The Morgan fingerprint density at radius 3 is 3.06 bits per heavy atom. The van der Waals surface area contributed by atoms with E-state index in [0.717, 1.165) is 37.0 Å². The molecule has 2 rings (SSSR count). The summed E-state index contributed by atoms with van der Waals surface area (Å²) in [4.78, 5) is 15.3. The molecule has 1 fully saturated rings. The maximum absolute atomic E-state index is 10.9. The van der Waals surface area contributed by atoms with Gasteiger partial charge in [0.05, 0.1) is 0 Å². The smallest absolute Gasteiger partial charge is 0.150 e. The summed E-state index contributed by atoms with van der Waals surface area (Å²) in [6, 6.07) is 3.51. The van der Waals surface area contributed by atoms with Crippen LogP contribution in [0.2, 0.25) is 0 Å².